The standard InChI is InChI=1S/C18H26FN5O2.HI/c1-3-20-18(24-12-17(25)21-8-9-26-2)22-7-6-13-11-23-16-10-14(19)4-5-15(13)16;/h4-5,10-11,23H,3,6-9,12H2,1-2H3,(H,21,25)(H2,20,22,24);1H. The second kappa shape index (κ2) is 12.5. The second-order valence-corrected chi connectivity index (χ2v) is 5.72. The van der Waals surface area contributed by atoms with Crippen molar-refractivity contribution in [3.05, 3.63) is 35.8 Å². The molecule has 2 rings (SSSR count). The number of ether oxygens (including phenoxy) is 1. The van der Waals surface area contributed by atoms with Crippen molar-refractivity contribution < 1.29 is 13.9 Å². The highest BCUT2D eigenvalue weighted by atomic mass is 127. The van der Waals surface area contributed by atoms with Crippen LogP contribution in [0.4, 0.5) is 4.39 Å². The van der Waals surface area contributed by atoms with Gasteiger partial charge in [0.1, 0.15) is 12.4 Å². The van der Waals surface area contributed by atoms with Crippen molar-refractivity contribution in [3.8, 4) is 0 Å². The molecular formula is C18H27FIN5O2. The molecule has 1 amide bonds. The highest BCUT2D eigenvalue weighted by molar-refractivity contribution is 14.0. The topological polar surface area (TPSA) is 90.5 Å². The first-order valence-corrected chi connectivity index (χ1v) is 8.67. The fraction of sp³-hybridized carbons (Fsp3) is 0.444. The average Bonchev–Trinajstić information content (AvgIpc) is 3.02. The Labute approximate surface area is 175 Å². The number of rotatable bonds is 9. The van der Waals surface area contributed by atoms with Crippen LogP contribution in [0, 0.1) is 5.82 Å². The SMILES string of the molecule is CCNC(=NCC(=O)NCCOC)NCCc1c[nH]c2cc(F)ccc12.I. The fourth-order valence-corrected chi connectivity index (χ4v) is 2.52. The summed E-state index contributed by atoms with van der Waals surface area (Å²) < 4.78 is 18.1. The zero-order valence-electron chi connectivity index (χ0n) is 15.6. The lowest BCUT2D eigenvalue weighted by atomic mass is 10.1. The number of hydrogen-bond acceptors (Lipinski definition) is 3. The number of aliphatic imine (C=N–C) groups is 1. The van der Waals surface area contributed by atoms with Gasteiger partial charge in [0.15, 0.2) is 5.96 Å². The van der Waals surface area contributed by atoms with Gasteiger partial charge >= 0.3 is 0 Å². The number of methoxy groups -OCH3 is 1. The van der Waals surface area contributed by atoms with E-state index in [0.29, 0.717) is 32.2 Å². The molecule has 27 heavy (non-hydrogen) atoms. The normalized spacial score (nSPS) is 11.1. The van der Waals surface area contributed by atoms with Crippen LogP contribution in [0.5, 0.6) is 0 Å². The third-order valence-electron chi connectivity index (χ3n) is 3.77. The summed E-state index contributed by atoms with van der Waals surface area (Å²) in [5.41, 5.74) is 1.88. The molecule has 2 aromatic rings. The van der Waals surface area contributed by atoms with E-state index >= 15 is 0 Å². The number of halogens is 2. The molecule has 0 saturated heterocycles. The minimum absolute atomic E-state index is 0. The van der Waals surface area contributed by atoms with Crippen molar-refractivity contribution in [1.82, 2.24) is 20.9 Å². The highest BCUT2D eigenvalue weighted by Crippen LogP contribution is 2.19. The van der Waals surface area contributed by atoms with E-state index in [1.807, 2.05) is 13.1 Å². The molecule has 0 aliphatic carbocycles. The third kappa shape index (κ3) is 7.71. The third-order valence-corrected chi connectivity index (χ3v) is 3.77. The van der Waals surface area contributed by atoms with E-state index in [-0.39, 0.29) is 42.2 Å². The van der Waals surface area contributed by atoms with Crippen LogP contribution in [0.3, 0.4) is 0 Å². The van der Waals surface area contributed by atoms with Gasteiger partial charge in [0.25, 0.3) is 0 Å². The maximum Gasteiger partial charge on any atom is 0.241 e. The molecule has 9 heteroatoms. The summed E-state index contributed by atoms with van der Waals surface area (Å²) in [4.78, 5) is 19.0. The molecule has 0 aliphatic heterocycles. The Morgan fingerprint density at radius 1 is 1.26 bits per heavy atom. The van der Waals surface area contributed by atoms with Crippen LogP contribution in [0.25, 0.3) is 10.9 Å². The van der Waals surface area contributed by atoms with Gasteiger partial charge < -0.3 is 25.7 Å². The van der Waals surface area contributed by atoms with Crippen LogP contribution in [0.1, 0.15) is 12.5 Å². The van der Waals surface area contributed by atoms with Crippen LogP contribution >= 0.6 is 24.0 Å². The molecule has 0 bridgehead atoms. The highest BCUT2D eigenvalue weighted by Gasteiger charge is 2.06. The number of guanidine groups is 1. The Balaban J connectivity index is 0.00000364. The van der Waals surface area contributed by atoms with Crippen molar-refractivity contribution in [2.45, 2.75) is 13.3 Å². The Bertz CT molecular complexity index is 750. The second-order valence-electron chi connectivity index (χ2n) is 5.72. The van der Waals surface area contributed by atoms with Crippen molar-refractivity contribution in [1.29, 1.82) is 0 Å². The first-order valence-electron chi connectivity index (χ1n) is 8.67. The fourth-order valence-electron chi connectivity index (χ4n) is 2.52. The van der Waals surface area contributed by atoms with Crippen LogP contribution in [-0.4, -0.2) is 56.7 Å². The predicted molar refractivity (Wildman–Crippen MR) is 116 cm³/mol. The lowest BCUT2D eigenvalue weighted by molar-refractivity contribution is -0.119. The number of carbonyl (C=O) groups is 1. The quantitative estimate of drug-likeness (QED) is 0.186. The number of hydrogen-bond donors (Lipinski definition) is 4. The van der Waals surface area contributed by atoms with E-state index < -0.39 is 0 Å². The number of benzene rings is 1. The molecule has 0 radical (unpaired) electrons. The molecule has 4 N–H and O–H groups in total. The number of nitrogens with one attached hydrogen (secondary N) is 4. The maximum atomic E-state index is 13.2. The first kappa shape index (κ1) is 23.2. The molecule has 0 fully saturated rings. The summed E-state index contributed by atoms with van der Waals surface area (Å²) in [5, 5.41) is 10.0. The first-order chi connectivity index (χ1) is 12.6. The van der Waals surface area contributed by atoms with E-state index in [1.165, 1.54) is 12.1 Å². The van der Waals surface area contributed by atoms with Gasteiger partial charge in [-0.1, -0.05) is 0 Å². The molecule has 1 heterocycles. The number of carbonyl (C=O) groups excluding carboxylic acids is 1. The summed E-state index contributed by atoms with van der Waals surface area (Å²) >= 11 is 0. The minimum atomic E-state index is -0.255. The summed E-state index contributed by atoms with van der Waals surface area (Å²) in [7, 11) is 1.59. The summed E-state index contributed by atoms with van der Waals surface area (Å²) in [6.07, 6.45) is 2.63. The number of nitrogens with zero attached hydrogens (tertiary/aromatic N) is 1. The Morgan fingerprint density at radius 3 is 2.81 bits per heavy atom. The van der Waals surface area contributed by atoms with E-state index in [1.54, 1.807) is 13.2 Å². The Morgan fingerprint density at radius 2 is 2.07 bits per heavy atom. The monoisotopic (exact) mass is 491 g/mol. The van der Waals surface area contributed by atoms with Gasteiger partial charge in [-0.3, -0.25) is 4.79 Å². The smallest absolute Gasteiger partial charge is 0.241 e. The van der Waals surface area contributed by atoms with Crippen LogP contribution in [0.15, 0.2) is 29.4 Å². The molecular weight excluding hydrogens is 464 g/mol. The van der Waals surface area contributed by atoms with E-state index in [0.717, 1.165) is 22.9 Å². The minimum Gasteiger partial charge on any atom is -0.383 e. The van der Waals surface area contributed by atoms with Crippen molar-refractivity contribution in [3.63, 3.8) is 0 Å². The van der Waals surface area contributed by atoms with Crippen molar-refractivity contribution in [2.24, 2.45) is 4.99 Å². The molecule has 150 valence electrons. The summed E-state index contributed by atoms with van der Waals surface area (Å²) in [5.74, 6) is 0.174. The molecule has 0 spiro atoms. The molecule has 0 atom stereocenters. The van der Waals surface area contributed by atoms with Crippen LogP contribution in [-0.2, 0) is 16.0 Å². The van der Waals surface area contributed by atoms with E-state index in [2.05, 4.69) is 25.9 Å². The molecule has 0 unspecified atom stereocenters. The lowest BCUT2D eigenvalue weighted by Gasteiger charge is -2.11. The van der Waals surface area contributed by atoms with E-state index in [9.17, 15) is 9.18 Å². The van der Waals surface area contributed by atoms with Gasteiger partial charge in [-0.05, 0) is 37.1 Å². The Hall–Kier alpha value is -1.88. The van der Waals surface area contributed by atoms with Crippen molar-refractivity contribution in [2.75, 3.05) is 39.9 Å². The number of fused-ring (bicyclic) bond motifs is 1. The molecule has 7 nitrogen and oxygen atoms in total. The van der Waals surface area contributed by atoms with Gasteiger partial charge in [0.2, 0.25) is 5.91 Å². The lowest BCUT2D eigenvalue weighted by Crippen LogP contribution is -2.39. The van der Waals surface area contributed by atoms with Gasteiger partial charge in [0, 0.05) is 43.8 Å². The van der Waals surface area contributed by atoms with Gasteiger partial charge in [-0.15, -0.1) is 24.0 Å². The van der Waals surface area contributed by atoms with Gasteiger partial charge in [-0.25, -0.2) is 9.38 Å². The average molecular weight is 491 g/mol. The maximum absolute atomic E-state index is 13.2. The van der Waals surface area contributed by atoms with Gasteiger partial charge in [0.05, 0.1) is 6.61 Å². The number of H-pyrrole nitrogens is 1. The predicted octanol–water partition coefficient (Wildman–Crippen LogP) is 1.79. The summed E-state index contributed by atoms with van der Waals surface area (Å²) in [6, 6.07) is 4.72. The molecule has 1 aromatic heterocycles. The van der Waals surface area contributed by atoms with Crippen LogP contribution in [0.2, 0.25) is 0 Å². The number of amides is 1. The largest absolute Gasteiger partial charge is 0.383 e. The van der Waals surface area contributed by atoms with Gasteiger partial charge in [-0.2, -0.15) is 0 Å². The molecule has 0 saturated carbocycles. The zero-order valence-corrected chi connectivity index (χ0v) is 17.9. The van der Waals surface area contributed by atoms with Crippen LogP contribution < -0.4 is 16.0 Å². The molecule has 1 aromatic carbocycles. The van der Waals surface area contributed by atoms with E-state index in [4.69, 9.17) is 4.74 Å². The van der Waals surface area contributed by atoms with Crippen molar-refractivity contribution >= 4 is 46.7 Å². The Kier molecular flexibility index (Phi) is 10.7. The molecule has 0 aliphatic rings. The zero-order chi connectivity index (χ0) is 18.8. The number of aromatic amines is 1. The summed E-state index contributed by atoms with van der Waals surface area (Å²) in [6.45, 7) is 4.29. The number of aromatic nitrogens is 1.